The van der Waals surface area contributed by atoms with Crippen LogP contribution in [0.2, 0.25) is 5.02 Å². The number of nitrogens with zero attached hydrogens (tertiary/aromatic N) is 3. The van der Waals surface area contributed by atoms with Crippen molar-refractivity contribution in [2.75, 3.05) is 32.1 Å². The first-order chi connectivity index (χ1) is 9.01. The van der Waals surface area contributed by atoms with Gasteiger partial charge in [0.15, 0.2) is 0 Å². The fourth-order valence-corrected chi connectivity index (χ4v) is 2.79. The summed E-state index contributed by atoms with van der Waals surface area (Å²) in [5.74, 6) is 0. The maximum absolute atomic E-state index is 9.87. The molecule has 1 aromatic carbocycles. The largest absolute Gasteiger partial charge is 0.391 e. The summed E-state index contributed by atoms with van der Waals surface area (Å²) < 4.78 is 0. The number of hydrogen-bond acceptors (Lipinski definition) is 4. The Morgan fingerprint density at radius 2 is 2.26 bits per heavy atom. The average molecular weight is 280 g/mol. The summed E-state index contributed by atoms with van der Waals surface area (Å²) >= 11 is 6.08. The zero-order chi connectivity index (χ0) is 14.0. The van der Waals surface area contributed by atoms with E-state index in [4.69, 9.17) is 16.9 Å². The number of rotatable bonds is 3. The van der Waals surface area contributed by atoms with E-state index in [1.54, 1.807) is 12.1 Å². The van der Waals surface area contributed by atoms with E-state index in [9.17, 15) is 5.11 Å². The van der Waals surface area contributed by atoms with Crippen molar-refractivity contribution < 1.29 is 5.11 Å². The van der Waals surface area contributed by atoms with E-state index in [-0.39, 0.29) is 12.1 Å². The lowest BCUT2D eigenvalue weighted by Gasteiger charge is -2.28. The molecule has 2 atom stereocenters. The summed E-state index contributed by atoms with van der Waals surface area (Å²) in [5.41, 5.74) is 1.45. The Labute approximate surface area is 118 Å². The second kappa shape index (κ2) is 5.79. The standard InChI is InChI=1S/C14H18ClN3O/c1-17(2)8-12-5-13(19)9-18(12)11-4-3-10(7-16)14(15)6-11/h3-4,6,12-13,19H,5,8-9H2,1-2H3. The SMILES string of the molecule is CN(C)CC1CC(O)CN1c1ccc(C#N)c(Cl)c1. The van der Waals surface area contributed by atoms with E-state index in [1.165, 1.54) is 0 Å². The fraction of sp³-hybridized carbons (Fsp3) is 0.500. The smallest absolute Gasteiger partial charge is 0.101 e. The molecule has 0 amide bonds. The van der Waals surface area contributed by atoms with Crippen molar-refractivity contribution in [1.29, 1.82) is 5.26 Å². The Balaban J connectivity index is 2.24. The van der Waals surface area contributed by atoms with Crippen LogP contribution in [0.3, 0.4) is 0 Å². The topological polar surface area (TPSA) is 50.5 Å². The van der Waals surface area contributed by atoms with Crippen molar-refractivity contribution in [1.82, 2.24) is 4.90 Å². The molecular formula is C14H18ClN3O. The summed E-state index contributed by atoms with van der Waals surface area (Å²) in [7, 11) is 4.04. The van der Waals surface area contributed by atoms with Crippen molar-refractivity contribution in [3.63, 3.8) is 0 Å². The van der Waals surface area contributed by atoms with Gasteiger partial charge >= 0.3 is 0 Å². The normalized spacial score (nSPS) is 22.8. The predicted octanol–water partition coefficient (Wildman–Crippen LogP) is 1.71. The number of halogens is 1. The summed E-state index contributed by atoms with van der Waals surface area (Å²) in [6.07, 6.45) is 0.454. The van der Waals surface area contributed by atoms with E-state index in [1.807, 2.05) is 20.2 Å². The highest BCUT2D eigenvalue weighted by molar-refractivity contribution is 6.32. The van der Waals surface area contributed by atoms with E-state index in [2.05, 4.69) is 15.9 Å². The first kappa shape index (κ1) is 14.1. The van der Waals surface area contributed by atoms with Crippen LogP contribution in [0.1, 0.15) is 12.0 Å². The number of likely N-dealkylation sites (N-methyl/N-ethyl adjacent to an activating group) is 1. The van der Waals surface area contributed by atoms with Gasteiger partial charge in [-0.3, -0.25) is 0 Å². The van der Waals surface area contributed by atoms with Crippen LogP contribution < -0.4 is 4.90 Å². The van der Waals surface area contributed by atoms with Crippen LogP contribution >= 0.6 is 11.6 Å². The van der Waals surface area contributed by atoms with Gasteiger partial charge in [0.1, 0.15) is 6.07 Å². The molecule has 1 fully saturated rings. The Morgan fingerprint density at radius 3 is 2.84 bits per heavy atom. The van der Waals surface area contributed by atoms with Crippen LogP contribution in [0.15, 0.2) is 18.2 Å². The highest BCUT2D eigenvalue weighted by Gasteiger charge is 2.31. The Kier molecular flexibility index (Phi) is 4.31. The van der Waals surface area contributed by atoms with Crippen LogP contribution in [0.5, 0.6) is 0 Å². The number of β-amino-alcohol motifs (C(OH)–C–C–N with tert-alkyl or cyclic N) is 1. The van der Waals surface area contributed by atoms with Crippen molar-refractivity contribution in [3.05, 3.63) is 28.8 Å². The third-order valence-electron chi connectivity index (χ3n) is 3.37. The zero-order valence-corrected chi connectivity index (χ0v) is 11.9. The molecule has 1 saturated heterocycles. The quantitative estimate of drug-likeness (QED) is 0.915. The second-order valence-corrected chi connectivity index (χ2v) is 5.64. The summed E-state index contributed by atoms with van der Waals surface area (Å²) in [6, 6.07) is 7.76. The van der Waals surface area contributed by atoms with Crippen LogP contribution in [-0.2, 0) is 0 Å². The third kappa shape index (κ3) is 3.19. The monoisotopic (exact) mass is 279 g/mol. The van der Waals surface area contributed by atoms with Crippen molar-refractivity contribution in [3.8, 4) is 6.07 Å². The lowest BCUT2D eigenvalue weighted by molar-refractivity contribution is 0.191. The molecule has 1 aromatic rings. The molecule has 0 aromatic heterocycles. The fourth-order valence-electron chi connectivity index (χ4n) is 2.58. The maximum atomic E-state index is 9.87. The van der Waals surface area contributed by atoms with Crippen LogP contribution in [-0.4, -0.2) is 49.3 Å². The highest BCUT2D eigenvalue weighted by Crippen LogP contribution is 2.29. The first-order valence-corrected chi connectivity index (χ1v) is 6.68. The van der Waals surface area contributed by atoms with Gasteiger partial charge in [-0.2, -0.15) is 5.26 Å². The second-order valence-electron chi connectivity index (χ2n) is 5.23. The van der Waals surface area contributed by atoms with E-state index in [0.29, 0.717) is 17.1 Å². The number of aliphatic hydroxyl groups is 1. The van der Waals surface area contributed by atoms with Crippen LogP contribution in [0, 0.1) is 11.3 Å². The van der Waals surface area contributed by atoms with E-state index < -0.39 is 0 Å². The van der Waals surface area contributed by atoms with Crippen molar-refractivity contribution in [2.45, 2.75) is 18.6 Å². The Hall–Kier alpha value is -1.28. The number of anilines is 1. The number of aliphatic hydroxyl groups excluding tert-OH is 1. The minimum absolute atomic E-state index is 0.272. The zero-order valence-electron chi connectivity index (χ0n) is 11.2. The van der Waals surface area contributed by atoms with E-state index >= 15 is 0 Å². The predicted molar refractivity (Wildman–Crippen MR) is 76.5 cm³/mol. The van der Waals surface area contributed by atoms with Gasteiger partial charge < -0.3 is 14.9 Å². The number of benzene rings is 1. The lowest BCUT2D eigenvalue weighted by atomic mass is 10.1. The van der Waals surface area contributed by atoms with Gasteiger partial charge in [-0.1, -0.05) is 11.6 Å². The minimum atomic E-state index is -0.306. The summed E-state index contributed by atoms with van der Waals surface area (Å²) in [6.45, 7) is 1.50. The molecule has 2 rings (SSSR count). The molecule has 19 heavy (non-hydrogen) atoms. The van der Waals surface area contributed by atoms with Gasteiger partial charge in [0.05, 0.1) is 16.7 Å². The molecule has 1 N–H and O–H groups in total. The van der Waals surface area contributed by atoms with Gasteiger partial charge in [-0.15, -0.1) is 0 Å². The minimum Gasteiger partial charge on any atom is -0.391 e. The summed E-state index contributed by atoms with van der Waals surface area (Å²) in [4.78, 5) is 4.28. The molecule has 5 heteroatoms. The molecule has 0 saturated carbocycles. The third-order valence-corrected chi connectivity index (χ3v) is 3.69. The van der Waals surface area contributed by atoms with Gasteiger partial charge in [-0.05, 0) is 38.7 Å². The molecule has 1 aliphatic rings. The molecule has 0 bridgehead atoms. The molecule has 0 spiro atoms. The van der Waals surface area contributed by atoms with Crippen LogP contribution in [0.25, 0.3) is 0 Å². The summed E-state index contributed by atoms with van der Waals surface area (Å²) in [5, 5.41) is 19.2. The molecular weight excluding hydrogens is 262 g/mol. The van der Waals surface area contributed by atoms with Crippen molar-refractivity contribution in [2.24, 2.45) is 0 Å². The molecule has 1 heterocycles. The molecule has 4 nitrogen and oxygen atoms in total. The molecule has 2 unspecified atom stereocenters. The Morgan fingerprint density at radius 1 is 1.53 bits per heavy atom. The average Bonchev–Trinajstić information content (AvgIpc) is 2.69. The Bertz CT molecular complexity index is 498. The van der Waals surface area contributed by atoms with Crippen LogP contribution in [0.4, 0.5) is 5.69 Å². The molecule has 0 aliphatic carbocycles. The van der Waals surface area contributed by atoms with Gasteiger partial charge in [0, 0.05) is 24.8 Å². The van der Waals surface area contributed by atoms with Gasteiger partial charge in [0.2, 0.25) is 0 Å². The van der Waals surface area contributed by atoms with Crippen molar-refractivity contribution >= 4 is 17.3 Å². The molecule has 1 aliphatic heterocycles. The first-order valence-electron chi connectivity index (χ1n) is 6.30. The van der Waals surface area contributed by atoms with E-state index in [0.717, 1.165) is 18.7 Å². The molecule has 102 valence electrons. The number of hydrogen-bond donors (Lipinski definition) is 1. The maximum Gasteiger partial charge on any atom is 0.101 e. The highest BCUT2D eigenvalue weighted by atomic mass is 35.5. The molecule has 0 radical (unpaired) electrons. The number of nitriles is 1. The van der Waals surface area contributed by atoms with Gasteiger partial charge in [0.25, 0.3) is 0 Å². The van der Waals surface area contributed by atoms with Gasteiger partial charge in [-0.25, -0.2) is 0 Å². The lowest BCUT2D eigenvalue weighted by Crippen LogP contribution is -2.37.